The van der Waals surface area contributed by atoms with Crippen molar-refractivity contribution in [2.45, 2.75) is 32.1 Å². The summed E-state index contributed by atoms with van der Waals surface area (Å²) in [5.74, 6) is -0.359. The first-order valence-corrected chi connectivity index (χ1v) is 9.66. The fourth-order valence-electron chi connectivity index (χ4n) is 3.03. The Morgan fingerprint density at radius 2 is 1.72 bits per heavy atom. The van der Waals surface area contributed by atoms with Crippen molar-refractivity contribution in [3.05, 3.63) is 24.3 Å². The van der Waals surface area contributed by atoms with E-state index in [0.717, 1.165) is 6.42 Å². The van der Waals surface area contributed by atoms with Crippen LogP contribution >= 0.6 is 0 Å². The van der Waals surface area contributed by atoms with Gasteiger partial charge in [-0.2, -0.15) is 4.31 Å². The largest absolute Gasteiger partial charge is 0.456 e. The number of ether oxygens (including phenoxy) is 1. The predicted octanol–water partition coefficient (Wildman–Crippen LogP) is 1.85. The lowest BCUT2D eigenvalue weighted by molar-refractivity contribution is -0.144. The summed E-state index contributed by atoms with van der Waals surface area (Å²) in [5.41, 5.74) is 0.441. The maximum absolute atomic E-state index is 12.8. The SMILES string of the molecule is CC(=O)OCC(=O)Nc1ccc(S(=O)(=O)N2CC(C)CC(C)C2)cc1. The molecular formula is C17H24N2O5S. The van der Waals surface area contributed by atoms with Crippen LogP contribution in [0.3, 0.4) is 0 Å². The molecule has 1 saturated heterocycles. The Balaban J connectivity index is 2.05. The maximum Gasteiger partial charge on any atom is 0.303 e. The Morgan fingerprint density at radius 3 is 2.24 bits per heavy atom. The number of esters is 1. The van der Waals surface area contributed by atoms with E-state index in [1.54, 1.807) is 0 Å². The molecule has 7 nitrogen and oxygen atoms in total. The van der Waals surface area contributed by atoms with Crippen LogP contribution in [0.4, 0.5) is 5.69 Å². The van der Waals surface area contributed by atoms with E-state index >= 15 is 0 Å². The van der Waals surface area contributed by atoms with E-state index in [1.807, 2.05) is 0 Å². The Kier molecular flexibility index (Phi) is 6.18. The van der Waals surface area contributed by atoms with Crippen LogP contribution in [0, 0.1) is 11.8 Å². The second-order valence-electron chi connectivity index (χ2n) is 6.62. The highest BCUT2D eigenvalue weighted by molar-refractivity contribution is 7.89. The van der Waals surface area contributed by atoms with Gasteiger partial charge < -0.3 is 10.1 Å². The van der Waals surface area contributed by atoms with Crippen molar-refractivity contribution in [2.75, 3.05) is 25.0 Å². The molecule has 0 aliphatic carbocycles. The molecule has 1 heterocycles. The number of piperidine rings is 1. The van der Waals surface area contributed by atoms with E-state index in [0.29, 0.717) is 30.6 Å². The summed E-state index contributed by atoms with van der Waals surface area (Å²) in [7, 11) is -3.54. The highest BCUT2D eigenvalue weighted by Crippen LogP contribution is 2.27. The van der Waals surface area contributed by atoms with Crippen molar-refractivity contribution in [1.82, 2.24) is 4.31 Å². The lowest BCUT2D eigenvalue weighted by Crippen LogP contribution is -2.42. The molecule has 1 fully saturated rings. The Bertz CT molecular complexity index is 720. The number of nitrogens with zero attached hydrogens (tertiary/aromatic N) is 1. The van der Waals surface area contributed by atoms with Gasteiger partial charge in [0.2, 0.25) is 10.0 Å². The van der Waals surface area contributed by atoms with Crippen molar-refractivity contribution in [1.29, 1.82) is 0 Å². The van der Waals surface area contributed by atoms with E-state index in [9.17, 15) is 18.0 Å². The van der Waals surface area contributed by atoms with Gasteiger partial charge in [0.1, 0.15) is 0 Å². The van der Waals surface area contributed by atoms with Crippen molar-refractivity contribution >= 4 is 27.6 Å². The van der Waals surface area contributed by atoms with Gasteiger partial charge in [-0.05, 0) is 42.5 Å². The van der Waals surface area contributed by atoms with Crippen molar-refractivity contribution < 1.29 is 22.7 Å². The first-order chi connectivity index (χ1) is 11.7. The summed E-state index contributed by atoms with van der Waals surface area (Å²) in [6.45, 7) is 6.00. The quantitative estimate of drug-likeness (QED) is 0.801. The second-order valence-corrected chi connectivity index (χ2v) is 8.56. The minimum Gasteiger partial charge on any atom is -0.456 e. The average Bonchev–Trinajstić information content (AvgIpc) is 2.52. The van der Waals surface area contributed by atoms with Gasteiger partial charge in [0.25, 0.3) is 5.91 Å². The molecule has 0 aromatic heterocycles. The Labute approximate surface area is 148 Å². The number of amides is 1. The summed E-state index contributed by atoms with van der Waals surface area (Å²) in [4.78, 5) is 22.5. The first-order valence-electron chi connectivity index (χ1n) is 8.22. The summed E-state index contributed by atoms with van der Waals surface area (Å²) in [6, 6.07) is 5.99. The number of nitrogens with one attached hydrogen (secondary N) is 1. The van der Waals surface area contributed by atoms with Crippen molar-refractivity contribution in [3.8, 4) is 0 Å². The molecule has 1 aromatic rings. The van der Waals surface area contributed by atoms with Crippen LogP contribution in [0.5, 0.6) is 0 Å². The van der Waals surface area contributed by atoms with Gasteiger partial charge in [-0.15, -0.1) is 0 Å². The van der Waals surface area contributed by atoms with E-state index in [1.165, 1.54) is 35.5 Å². The van der Waals surface area contributed by atoms with Gasteiger partial charge >= 0.3 is 5.97 Å². The van der Waals surface area contributed by atoms with Crippen LogP contribution in [0.25, 0.3) is 0 Å². The molecule has 1 aliphatic heterocycles. The van der Waals surface area contributed by atoms with E-state index in [2.05, 4.69) is 23.9 Å². The van der Waals surface area contributed by atoms with Gasteiger partial charge in [0.15, 0.2) is 6.61 Å². The molecule has 0 radical (unpaired) electrons. The van der Waals surface area contributed by atoms with Crippen LogP contribution in [0.2, 0.25) is 0 Å². The van der Waals surface area contributed by atoms with Crippen LogP contribution in [-0.2, 0) is 24.3 Å². The number of carbonyl (C=O) groups is 2. The third-order valence-corrected chi connectivity index (χ3v) is 5.86. The minimum atomic E-state index is -3.54. The van der Waals surface area contributed by atoms with Crippen molar-refractivity contribution in [3.63, 3.8) is 0 Å². The van der Waals surface area contributed by atoms with Gasteiger partial charge in [-0.3, -0.25) is 9.59 Å². The van der Waals surface area contributed by atoms with Crippen LogP contribution in [0.15, 0.2) is 29.2 Å². The van der Waals surface area contributed by atoms with Gasteiger partial charge in [0, 0.05) is 25.7 Å². The highest BCUT2D eigenvalue weighted by atomic mass is 32.2. The predicted molar refractivity (Wildman–Crippen MR) is 93.4 cm³/mol. The number of sulfonamides is 1. The molecule has 2 rings (SSSR count). The molecule has 0 saturated carbocycles. The Hall–Kier alpha value is -1.93. The number of rotatable bonds is 5. The molecule has 1 N–H and O–H groups in total. The number of hydrogen-bond donors (Lipinski definition) is 1. The fraction of sp³-hybridized carbons (Fsp3) is 0.529. The standard InChI is InChI=1S/C17H24N2O5S/c1-12-8-13(2)10-19(9-12)25(22,23)16-6-4-15(5-7-16)18-17(21)11-24-14(3)20/h4-7,12-13H,8-11H2,1-3H3,(H,18,21). The van der Waals surface area contributed by atoms with E-state index in [-0.39, 0.29) is 11.5 Å². The molecule has 138 valence electrons. The average molecular weight is 368 g/mol. The smallest absolute Gasteiger partial charge is 0.303 e. The third kappa shape index (κ3) is 5.27. The zero-order chi connectivity index (χ0) is 18.6. The lowest BCUT2D eigenvalue weighted by Gasteiger charge is -2.34. The van der Waals surface area contributed by atoms with Crippen molar-refractivity contribution in [2.24, 2.45) is 11.8 Å². The van der Waals surface area contributed by atoms with Crippen LogP contribution in [-0.4, -0.2) is 44.3 Å². The molecule has 1 aliphatic rings. The molecule has 1 amide bonds. The molecule has 8 heteroatoms. The number of anilines is 1. The van der Waals surface area contributed by atoms with Gasteiger partial charge in [-0.25, -0.2) is 8.42 Å². The van der Waals surface area contributed by atoms with Gasteiger partial charge in [-0.1, -0.05) is 13.8 Å². The van der Waals surface area contributed by atoms with Crippen LogP contribution < -0.4 is 5.32 Å². The van der Waals surface area contributed by atoms with Gasteiger partial charge in [0.05, 0.1) is 4.90 Å². The first kappa shape index (κ1) is 19.4. The minimum absolute atomic E-state index is 0.201. The molecule has 1 aromatic carbocycles. The molecule has 2 atom stereocenters. The molecule has 25 heavy (non-hydrogen) atoms. The molecular weight excluding hydrogens is 344 g/mol. The van der Waals surface area contributed by atoms with Crippen LogP contribution in [0.1, 0.15) is 27.2 Å². The summed E-state index contributed by atoms with van der Waals surface area (Å²) >= 11 is 0. The van der Waals surface area contributed by atoms with E-state index in [4.69, 9.17) is 0 Å². The fourth-order valence-corrected chi connectivity index (χ4v) is 4.71. The monoisotopic (exact) mass is 368 g/mol. The lowest BCUT2D eigenvalue weighted by atomic mass is 9.94. The summed E-state index contributed by atoms with van der Waals surface area (Å²) < 4.78 is 31.7. The molecule has 0 bridgehead atoms. The maximum atomic E-state index is 12.8. The molecule has 2 unspecified atom stereocenters. The van der Waals surface area contributed by atoms with E-state index < -0.39 is 21.9 Å². The Morgan fingerprint density at radius 1 is 1.16 bits per heavy atom. The third-order valence-electron chi connectivity index (χ3n) is 4.02. The number of hydrogen-bond acceptors (Lipinski definition) is 5. The number of carbonyl (C=O) groups excluding carboxylic acids is 2. The summed E-state index contributed by atoms with van der Waals surface area (Å²) in [5, 5.41) is 2.55. The number of benzene rings is 1. The molecule has 0 spiro atoms. The normalized spacial score (nSPS) is 21.6. The highest BCUT2D eigenvalue weighted by Gasteiger charge is 2.31. The topological polar surface area (TPSA) is 92.8 Å². The zero-order valence-electron chi connectivity index (χ0n) is 14.7. The zero-order valence-corrected chi connectivity index (χ0v) is 15.5. The summed E-state index contributed by atoms with van der Waals surface area (Å²) in [6.07, 6.45) is 1.03. The second kappa shape index (κ2) is 7.97.